The maximum absolute atomic E-state index is 13.1. The number of rotatable bonds is 1. The van der Waals surface area contributed by atoms with Gasteiger partial charge in [-0.15, -0.1) is 0 Å². The number of halogens is 5. The highest BCUT2D eigenvalue weighted by atomic mass is 35.7. The lowest BCUT2D eigenvalue weighted by molar-refractivity contribution is -0.177. The van der Waals surface area contributed by atoms with Crippen LogP contribution >= 0.6 is 19.9 Å². The van der Waals surface area contributed by atoms with Gasteiger partial charge in [0.2, 0.25) is 0 Å². The molecule has 0 saturated carbocycles. The zero-order valence-corrected chi connectivity index (χ0v) is 10.1. The van der Waals surface area contributed by atoms with E-state index in [1.165, 1.54) is 24.3 Å². The van der Waals surface area contributed by atoms with Gasteiger partial charge in [-0.2, -0.15) is 13.2 Å². The van der Waals surface area contributed by atoms with Crippen molar-refractivity contribution in [1.82, 2.24) is 0 Å². The van der Waals surface area contributed by atoms with Crippen LogP contribution in [0.3, 0.4) is 0 Å². The van der Waals surface area contributed by atoms with Gasteiger partial charge in [0.05, 0.1) is 0 Å². The molecule has 1 unspecified atom stereocenters. The van der Waals surface area contributed by atoms with E-state index >= 15 is 0 Å². The Labute approximate surface area is 105 Å². The smallest absolute Gasteiger partial charge is 0.249 e. The standard InChI is InChI=1S/C10H5ClF4O2S/c11-18(10(12,13)14)7-4-2-1-3-6(7)5-8(18)9(16)17-15/h1-5H. The van der Waals surface area contributed by atoms with Gasteiger partial charge in [-0.05, 0) is 37.6 Å². The van der Waals surface area contributed by atoms with Crippen molar-refractivity contribution in [2.75, 3.05) is 0 Å². The van der Waals surface area contributed by atoms with Gasteiger partial charge in [0.1, 0.15) is 4.91 Å². The molecule has 98 valence electrons. The minimum atomic E-state index is -4.87. The molecule has 1 heterocycles. The summed E-state index contributed by atoms with van der Waals surface area (Å²) in [6.07, 6.45) is 0.910. The fraction of sp³-hybridized carbons (Fsp3) is 0.100. The molecule has 0 aliphatic carbocycles. The first-order valence-electron chi connectivity index (χ1n) is 4.55. The van der Waals surface area contributed by atoms with Crippen molar-refractivity contribution >= 4 is 32.0 Å². The molecule has 0 N–H and O–H groups in total. The van der Waals surface area contributed by atoms with E-state index in [1.807, 2.05) is 0 Å². The summed E-state index contributed by atoms with van der Waals surface area (Å²) in [5.74, 6) is -1.71. The van der Waals surface area contributed by atoms with Crippen LogP contribution in [0.4, 0.5) is 17.7 Å². The van der Waals surface area contributed by atoms with Crippen molar-refractivity contribution < 1.29 is 27.4 Å². The first kappa shape index (κ1) is 13.2. The molecule has 18 heavy (non-hydrogen) atoms. The van der Waals surface area contributed by atoms with E-state index in [4.69, 9.17) is 10.7 Å². The van der Waals surface area contributed by atoms with E-state index in [9.17, 15) is 22.5 Å². The van der Waals surface area contributed by atoms with E-state index in [0.29, 0.717) is 0 Å². The predicted octanol–water partition coefficient (Wildman–Crippen LogP) is 4.31. The van der Waals surface area contributed by atoms with Gasteiger partial charge in [0, 0.05) is 9.42 Å². The lowest BCUT2D eigenvalue weighted by Gasteiger charge is -2.32. The molecule has 8 heteroatoms. The van der Waals surface area contributed by atoms with Crippen LogP contribution in [0.15, 0.2) is 34.1 Å². The number of alkyl halides is 3. The third-order valence-corrected chi connectivity index (χ3v) is 6.43. The molecule has 1 aromatic carbocycles. The maximum atomic E-state index is 13.1. The van der Waals surface area contributed by atoms with Crippen molar-refractivity contribution in [2.45, 2.75) is 10.4 Å². The average molecular weight is 301 g/mol. The van der Waals surface area contributed by atoms with Crippen molar-refractivity contribution in [3.05, 3.63) is 34.7 Å². The van der Waals surface area contributed by atoms with E-state index in [-0.39, 0.29) is 10.5 Å². The van der Waals surface area contributed by atoms with Gasteiger partial charge in [-0.25, -0.2) is 9.74 Å². The summed E-state index contributed by atoms with van der Waals surface area (Å²) in [5, 5.41) is 0. The highest BCUT2D eigenvalue weighted by Crippen LogP contribution is 2.79. The molecule has 0 spiro atoms. The van der Waals surface area contributed by atoms with E-state index in [0.717, 1.165) is 6.08 Å². The van der Waals surface area contributed by atoms with Gasteiger partial charge in [-0.1, -0.05) is 18.2 Å². The van der Waals surface area contributed by atoms with Gasteiger partial charge >= 0.3 is 11.5 Å². The molecule has 1 aromatic rings. The molecule has 1 aliphatic heterocycles. The van der Waals surface area contributed by atoms with E-state index in [1.54, 1.807) is 0 Å². The molecule has 0 fully saturated rings. The zero-order valence-electron chi connectivity index (χ0n) is 8.50. The molecular formula is C10H5ClF4O2S. The molecular weight excluding hydrogens is 296 g/mol. The average Bonchev–Trinajstić information content (AvgIpc) is 2.63. The molecule has 0 amide bonds. The summed E-state index contributed by atoms with van der Waals surface area (Å²) in [7, 11) is 1.53. The maximum Gasteiger partial charge on any atom is 0.446 e. The summed E-state index contributed by atoms with van der Waals surface area (Å²) in [6, 6.07) is 5.39. The van der Waals surface area contributed by atoms with E-state index in [2.05, 4.69) is 4.94 Å². The molecule has 0 bridgehead atoms. The Bertz CT molecular complexity index is 543. The van der Waals surface area contributed by atoms with Crippen molar-refractivity contribution in [3.63, 3.8) is 0 Å². The number of hydrogen-bond acceptors (Lipinski definition) is 2. The lowest BCUT2D eigenvalue weighted by Crippen LogP contribution is -2.20. The number of benzene rings is 1. The quantitative estimate of drug-likeness (QED) is 0.723. The second kappa shape index (κ2) is 4.17. The van der Waals surface area contributed by atoms with Crippen LogP contribution in [-0.2, 0) is 9.74 Å². The molecule has 0 aromatic heterocycles. The first-order valence-corrected chi connectivity index (χ1v) is 7.01. The largest absolute Gasteiger partial charge is 0.446 e. The highest BCUT2D eigenvalue weighted by Gasteiger charge is 2.58. The Hall–Kier alpha value is -1.21. The molecule has 2 nitrogen and oxygen atoms in total. The summed E-state index contributed by atoms with van der Waals surface area (Å²) in [5.41, 5.74) is -4.73. The van der Waals surface area contributed by atoms with Crippen LogP contribution < -0.4 is 0 Å². The second-order valence-electron chi connectivity index (χ2n) is 3.39. The summed E-state index contributed by atoms with van der Waals surface area (Å²) in [6.45, 7) is 0. The third kappa shape index (κ3) is 1.69. The summed E-state index contributed by atoms with van der Waals surface area (Å²) in [4.78, 5) is 12.9. The minimum absolute atomic E-state index is 0.139. The van der Waals surface area contributed by atoms with Crippen LogP contribution in [0.5, 0.6) is 0 Å². The van der Waals surface area contributed by atoms with Crippen LogP contribution in [-0.4, -0.2) is 11.5 Å². The lowest BCUT2D eigenvalue weighted by atomic mass is 10.2. The Morgan fingerprint density at radius 3 is 2.44 bits per heavy atom. The number of carbonyl (C=O) groups excluding carboxylic acids is 1. The molecule has 2 rings (SSSR count). The van der Waals surface area contributed by atoms with Crippen LogP contribution in [0.2, 0.25) is 0 Å². The van der Waals surface area contributed by atoms with Crippen LogP contribution in [0, 0.1) is 0 Å². The van der Waals surface area contributed by atoms with Crippen molar-refractivity contribution in [3.8, 4) is 0 Å². The second-order valence-corrected chi connectivity index (χ2v) is 7.20. The fourth-order valence-corrected chi connectivity index (χ4v) is 4.41. The third-order valence-electron chi connectivity index (χ3n) is 2.40. The number of carbonyl (C=O) groups is 1. The van der Waals surface area contributed by atoms with Gasteiger partial charge in [0.15, 0.2) is 0 Å². The Balaban J connectivity index is 2.67. The van der Waals surface area contributed by atoms with Crippen LogP contribution in [0.25, 0.3) is 6.08 Å². The normalized spacial score (nSPS) is 25.9. The Morgan fingerprint density at radius 2 is 1.89 bits per heavy atom. The van der Waals surface area contributed by atoms with E-state index < -0.39 is 25.6 Å². The highest BCUT2D eigenvalue weighted by molar-refractivity contribution is 8.55. The minimum Gasteiger partial charge on any atom is -0.249 e. The summed E-state index contributed by atoms with van der Waals surface area (Å²) < 4.78 is 51.2. The summed E-state index contributed by atoms with van der Waals surface area (Å²) >= 11 is 0. The van der Waals surface area contributed by atoms with Crippen molar-refractivity contribution in [2.24, 2.45) is 0 Å². The number of fused-ring (bicyclic) bond motifs is 1. The monoisotopic (exact) mass is 300 g/mol. The topological polar surface area (TPSA) is 26.3 Å². The predicted molar refractivity (Wildman–Crippen MR) is 59.4 cm³/mol. The molecule has 1 atom stereocenters. The zero-order chi connectivity index (χ0) is 13.6. The SMILES string of the molecule is O=C(OF)C1=Cc2ccccc2S1(Cl)C(F)(F)F. The Morgan fingerprint density at radius 1 is 1.28 bits per heavy atom. The van der Waals surface area contributed by atoms with Gasteiger partial charge < -0.3 is 0 Å². The molecule has 0 radical (unpaired) electrons. The fourth-order valence-electron chi connectivity index (χ4n) is 1.66. The Kier molecular flexibility index (Phi) is 3.06. The van der Waals surface area contributed by atoms with Gasteiger partial charge in [0.25, 0.3) is 0 Å². The molecule has 0 saturated heterocycles. The van der Waals surface area contributed by atoms with Crippen LogP contribution in [0.1, 0.15) is 5.56 Å². The number of hydrogen-bond donors (Lipinski definition) is 0. The van der Waals surface area contributed by atoms with Crippen molar-refractivity contribution in [1.29, 1.82) is 0 Å². The first-order chi connectivity index (χ1) is 8.32. The van der Waals surface area contributed by atoms with Gasteiger partial charge in [-0.3, -0.25) is 0 Å². The molecule has 1 aliphatic rings.